The van der Waals surface area contributed by atoms with Crippen molar-refractivity contribution in [1.29, 1.82) is 0 Å². The average molecular weight is 907 g/mol. The van der Waals surface area contributed by atoms with E-state index in [1.807, 2.05) is 0 Å². The number of benzene rings is 15. The van der Waals surface area contributed by atoms with Gasteiger partial charge in [-0.25, -0.2) is 0 Å². The van der Waals surface area contributed by atoms with E-state index in [-0.39, 0.29) is 0 Å². The molecule has 15 rings (SSSR count). The molecule has 0 spiro atoms. The standard InChI is InChI=1S/C70H66/c1-3-5-7-9-11-13-15-17-19-21-23-41-37-51-47-33-29-43-25-27-45-31-35-49-53-39-42(24-22-20-18-16-14-12-10-8-6-4-2)40-54-50-36-32-46-28-26-44-30-34-48-52(38-41)59(51)65-67-61(47)55(43)57(45)63(49)69(67)66(60(53)54)70-64(50)58(46)56(44)62(48)68(65)70/h25-40H,3-24H2,1-2H3. The second-order valence-corrected chi connectivity index (χ2v) is 22.7. The van der Waals surface area contributed by atoms with Crippen molar-refractivity contribution in [3.8, 4) is 0 Å². The molecule has 0 aliphatic rings. The summed E-state index contributed by atoms with van der Waals surface area (Å²) in [5.41, 5.74) is 3.03. The van der Waals surface area contributed by atoms with Crippen molar-refractivity contribution in [2.24, 2.45) is 0 Å². The molecule has 0 aromatic heterocycles. The summed E-state index contributed by atoms with van der Waals surface area (Å²) in [6.07, 6.45) is 29.7. The summed E-state index contributed by atoms with van der Waals surface area (Å²) in [4.78, 5) is 0. The smallest absolute Gasteiger partial charge is 0.0000249 e. The van der Waals surface area contributed by atoms with Crippen LogP contribution in [0.4, 0.5) is 0 Å². The Kier molecular flexibility index (Phi) is 9.71. The molecule has 0 saturated heterocycles. The third-order valence-corrected chi connectivity index (χ3v) is 18.5. The molecular weight excluding hydrogens is 841 g/mol. The van der Waals surface area contributed by atoms with Crippen molar-refractivity contribution < 1.29 is 0 Å². The zero-order valence-electron chi connectivity index (χ0n) is 41.8. The average Bonchev–Trinajstić information content (AvgIpc) is 3.40. The van der Waals surface area contributed by atoms with E-state index in [4.69, 9.17) is 0 Å². The molecule has 0 radical (unpaired) electrons. The van der Waals surface area contributed by atoms with Gasteiger partial charge >= 0.3 is 0 Å². The number of aryl methyl sites for hydroxylation is 2. The maximum Gasteiger partial charge on any atom is -0.0000249 e. The van der Waals surface area contributed by atoms with Gasteiger partial charge in [-0.15, -0.1) is 0 Å². The normalized spacial score (nSPS) is 13.4. The first kappa shape index (κ1) is 41.8. The first-order valence-electron chi connectivity index (χ1n) is 28.4. The minimum atomic E-state index is 1.14. The molecule has 0 atom stereocenters. The molecule has 70 heavy (non-hydrogen) atoms. The highest BCUT2D eigenvalue weighted by molar-refractivity contribution is 6.63. The van der Waals surface area contributed by atoms with E-state index in [9.17, 15) is 0 Å². The molecule has 0 saturated carbocycles. The summed E-state index contributed by atoms with van der Waals surface area (Å²) in [6.45, 7) is 4.64. The Bertz CT molecular complexity index is 3790. The van der Waals surface area contributed by atoms with E-state index in [2.05, 4.69) is 111 Å². The molecule has 0 aliphatic carbocycles. The molecule has 0 fully saturated rings. The Morgan fingerprint density at radius 2 is 0.429 bits per heavy atom. The monoisotopic (exact) mass is 907 g/mol. The van der Waals surface area contributed by atoms with Gasteiger partial charge in [0.2, 0.25) is 0 Å². The summed E-state index contributed by atoms with van der Waals surface area (Å²) < 4.78 is 0. The van der Waals surface area contributed by atoms with Crippen molar-refractivity contribution in [2.75, 3.05) is 0 Å². The lowest BCUT2D eigenvalue weighted by Gasteiger charge is -2.30. The van der Waals surface area contributed by atoms with Crippen LogP contribution in [0.15, 0.2) is 97.1 Å². The lowest BCUT2D eigenvalue weighted by molar-refractivity contribution is 0.556. The zero-order valence-corrected chi connectivity index (χ0v) is 41.8. The van der Waals surface area contributed by atoms with Crippen molar-refractivity contribution >= 4 is 151 Å². The number of rotatable bonds is 22. The van der Waals surface area contributed by atoms with Gasteiger partial charge in [0.25, 0.3) is 0 Å². The molecule has 0 heteroatoms. The summed E-state index contributed by atoms with van der Waals surface area (Å²) in [6, 6.07) is 40.3. The van der Waals surface area contributed by atoms with E-state index in [1.54, 1.807) is 0 Å². The zero-order chi connectivity index (χ0) is 46.2. The van der Waals surface area contributed by atoms with Crippen LogP contribution in [0.2, 0.25) is 0 Å². The van der Waals surface area contributed by atoms with Crippen LogP contribution in [0, 0.1) is 0 Å². The Morgan fingerprint density at radius 3 is 0.700 bits per heavy atom. The predicted octanol–water partition coefficient (Wildman–Crippen LogP) is 22.3. The second kappa shape index (κ2) is 16.3. The topological polar surface area (TPSA) is 0 Å². The molecule has 15 aromatic carbocycles. The highest BCUT2D eigenvalue weighted by atomic mass is 14.3. The van der Waals surface area contributed by atoms with E-state index >= 15 is 0 Å². The van der Waals surface area contributed by atoms with Gasteiger partial charge in [0.05, 0.1) is 0 Å². The van der Waals surface area contributed by atoms with E-state index in [1.165, 1.54) is 290 Å². The maximum absolute atomic E-state index is 2.66. The fraction of sp³-hybridized carbons (Fsp3) is 0.343. The predicted molar refractivity (Wildman–Crippen MR) is 312 cm³/mol. The van der Waals surface area contributed by atoms with Gasteiger partial charge in [-0.05, 0) is 188 Å². The Morgan fingerprint density at radius 1 is 0.200 bits per heavy atom. The maximum atomic E-state index is 2.66. The van der Waals surface area contributed by atoms with Crippen LogP contribution >= 0.6 is 0 Å². The SMILES string of the molecule is CCCCCCCCCCCCc1cc2c3ccc4ccc5ccc6c7cc(CCCCCCCCCCCC)cc8c9ccc%10ccc%11ccc%12c(c1)c2c1c2c3c4c5c6c2c(c78)c2c9c%10c%11c%12c12. The second-order valence-electron chi connectivity index (χ2n) is 22.7. The van der Waals surface area contributed by atoms with Gasteiger partial charge in [0.1, 0.15) is 0 Å². The van der Waals surface area contributed by atoms with Crippen molar-refractivity contribution in [3.63, 3.8) is 0 Å². The van der Waals surface area contributed by atoms with E-state index in [0.717, 1.165) is 12.8 Å². The molecule has 346 valence electrons. The molecule has 0 heterocycles. The molecule has 0 unspecified atom stereocenters. The lowest BCUT2D eigenvalue weighted by atomic mass is 9.72. The van der Waals surface area contributed by atoms with Gasteiger partial charge in [0, 0.05) is 0 Å². The fourth-order valence-corrected chi connectivity index (χ4v) is 15.4. The fourth-order valence-electron chi connectivity index (χ4n) is 15.4. The van der Waals surface area contributed by atoms with Gasteiger partial charge in [-0.1, -0.05) is 226 Å². The molecule has 0 aliphatic heterocycles. The Hall–Kier alpha value is -5.98. The van der Waals surface area contributed by atoms with Crippen LogP contribution < -0.4 is 0 Å². The number of hydrogen-bond acceptors (Lipinski definition) is 0. The van der Waals surface area contributed by atoms with Crippen LogP contribution in [0.3, 0.4) is 0 Å². The molecular formula is C70H66. The van der Waals surface area contributed by atoms with E-state index in [0.29, 0.717) is 0 Å². The van der Waals surface area contributed by atoms with Crippen LogP contribution in [0.5, 0.6) is 0 Å². The minimum absolute atomic E-state index is 1.14. The number of hydrogen-bond donors (Lipinski definition) is 0. The quantitative estimate of drug-likeness (QED) is 0.0361. The summed E-state index contributed by atoms with van der Waals surface area (Å²) in [7, 11) is 0. The van der Waals surface area contributed by atoms with Crippen LogP contribution in [-0.4, -0.2) is 0 Å². The van der Waals surface area contributed by atoms with E-state index < -0.39 is 0 Å². The molecule has 0 bridgehead atoms. The highest BCUT2D eigenvalue weighted by Gasteiger charge is 2.33. The first-order valence-corrected chi connectivity index (χ1v) is 28.4. The third-order valence-electron chi connectivity index (χ3n) is 18.5. The van der Waals surface area contributed by atoms with Gasteiger partial charge in [-0.3, -0.25) is 0 Å². The van der Waals surface area contributed by atoms with Gasteiger partial charge < -0.3 is 0 Å². The molecule has 15 aromatic rings. The van der Waals surface area contributed by atoms with Crippen LogP contribution in [-0.2, 0) is 12.8 Å². The summed E-state index contributed by atoms with van der Waals surface area (Å²) >= 11 is 0. The minimum Gasteiger partial charge on any atom is -0.0654 e. The molecule has 0 amide bonds. The third kappa shape index (κ3) is 5.77. The Balaban J connectivity index is 0.976. The summed E-state index contributed by atoms with van der Waals surface area (Å²) in [5.74, 6) is 0. The largest absolute Gasteiger partial charge is 0.0654 e. The first-order chi connectivity index (χ1) is 34.7. The van der Waals surface area contributed by atoms with Crippen LogP contribution in [0.1, 0.15) is 153 Å². The van der Waals surface area contributed by atoms with Crippen LogP contribution in [0.25, 0.3) is 151 Å². The lowest BCUT2D eigenvalue weighted by Crippen LogP contribution is -2.02. The Labute approximate surface area is 412 Å². The summed E-state index contributed by atoms with van der Waals surface area (Å²) in [5, 5.41) is 41.3. The van der Waals surface area contributed by atoms with Crippen molar-refractivity contribution in [1.82, 2.24) is 0 Å². The highest BCUT2D eigenvalue weighted by Crippen LogP contribution is 2.62. The van der Waals surface area contributed by atoms with Gasteiger partial charge in [-0.2, -0.15) is 0 Å². The van der Waals surface area contributed by atoms with Gasteiger partial charge in [0.15, 0.2) is 0 Å². The number of fused-ring (bicyclic) bond motifs is 4. The number of unbranched alkanes of at least 4 members (excludes halogenated alkanes) is 18. The van der Waals surface area contributed by atoms with Crippen molar-refractivity contribution in [3.05, 3.63) is 108 Å². The molecule has 0 nitrogen and oxygen atoms in total. The molecule has 0 N–H and O–H groups in total. The van der Waals surface area contributed by atoms with Crippen molar-refractivity contribution in [2.45, 2.75) is 155 Å².